The number of amides is 1. The number of ether oxygens (including phenoxy) is 1. The van der Waals surface area contributed by atoms with Gasteiger partial charge in [-0.1, -0.05) is 36.7 Å². The zero-order valence-corrected chi connectivity index (χ0v) is 28.8. The van der Waals surface area contributed by atoms with E-state index in [0.717, 1.165) is 43.1 Å². The first-order valence-electron chi connectivity index (χ1n) is 15.7. The van der Waals surface area contributed by atoms with Gasteiger partial charge in [-0.2, -0.15) is 8.42 Å². The SMILES string of the molecule is C[C@@H]1[C@@H](C)C/C=C/C(O)(COS(C)(=O)=O)[C@@H]2CC[C@H]2CN2CCCCc3cc(Cl)ccc3COc3ccc(cc32)C(=O)NS1(=O)=O. The van der Waals surface area contributed by atoms with Crippen LogP contribution in [0.3, 0.4) is 0 Å². The summed E-state index contributed by atoms with van der Waals surface area (Å²) in [7, 11) is -7.89. The number of nitrogens with zero attached hydrogens (tertiary/aromatic N) is 1. The molecule has 1 unspecified atom stereocenters. The average Bonchev–Trinajstić information content (AvgIpc) is 3.00. The summed E-state index contributed by atoms with van der Waals surface area (Å²) in [6, 6.07) is 10.7. The Bertz CT molecular complexity index is 1700. The molecular formula is C33H43ClN2O8S2. The van der Waals surface area contributed by atoms with E-state index in [1.165, 1.54) is 6.92 Å². The number of nitrogens with one attached hydrogen (secondary N) is 1. The number of rotatable bonds is 3. The molecule has 2 aromatic carbocycles. The molecule has 0 radical (unpaired) electrons. The lowest BCUT2D eigenvalue weighted by molar-refractivity contribution is -0.0696. The summed E-state index contributed by atoms with van der Waals surface area (Å²) in [5, 5.41) is 11.7. The molecule has 0 spiro atoms. The molecule has 252 valence electrons. The van der Waals surface area contributed by atoms with Crippen molar-refractivity contribution in [2.75, 3.05) is 30.9 Å². The normalized spacial score (nSPS) is 29.5. The number of sulfonamides is 1. The number of carbonyl (C=O) groups is 1. The standard InChI is InChI=1S/C33H43ClN2O8S2/c1-22-7-6-15-33(38,21-44-45(3,39)40)29-13-10-26(29)19-36-16-5-4-8-24-17-28(34)12-9-27(24)20-43-31-14-11-25(18-30(31)36)32(37)35-46(41,42)23(22)2/h6,9,11-12,14-15,17-18,22-23,26,29,38H,4-5,7-8,10,13,16,19-21H2,1-3H3,(H,35,37)/b15-6+/t22-,23+,26-,29+,33?/m0/s1. The van der Waals surface area contributed by atoms with Gasteiger partial charge in [0.15, 0.2) is 0 Å². The average molecular weight is 695 g/mol. The highest BCUT2D eigenvalue weighted by molar-refractivity contribution is 7.90. The Balaban J connectivity index is 1.57. The summed E-state index contributed by atoms with van der Waals surface area (Å²) in [6.45, 7) is 4.25. The van der Waals surface area contributed by atoms with Crippen molar-refractivity contribution < 1.29 is 35.7 Å². The maximum Gasteiger partial charge on any atom is 0.264 e. The van der Waals surface area contributed by atoms with E-state index in [9.17, 15) is 26.7 Å². The summed E-state index contributed by atoms with van der Waals surface area (Å²) < 4.78 is 64.3. The van der Waals surface area contributed by atoms with Crippen LogP contribution in [0.5, 0.6) is 5.75 Å². The summed E-state index contributed by atoms with van der Waals surface area (Å²) in [5.74, 6) is -0.922. The zero-order chi connectivity index (χ0) is 33.3. The zero-order valence-electron chi connectivity index (χ0n) is 26.4. The van der Waals surface area contributed by atoms with Gasteiger partial charge < -0.3 is 14.7 Å². The summed E-state index contributed by atoms with van der Waals surface area (Å²) >= 11 is 6.31. The lowest BCUT2D eigenvalue weighted by Crippen LogP contribution is -2.52. The van der Waals surface area contributed by atoms with Gasteiger partial charge in [-0.3, -0.25) is 8.98 Å². The summed E-state index contributed by atoms with van der Waals surface area (Å²) in [6.07, 6.45) is 8.45. The van der Waals surface area contributed by atoms with Gasteiger partial charge in [0.1, 0.15) is 18.0 Å². The smallest absolute Gasteiger partial charge is 0.264 e. The number of fused-ring (bicyclic) bond motifs is 3. The molecule has 5 rings (SSSR count). The van der Waals surface area contributed by atoms with Crippen molar-refractivity contribution in [3.63, 3.8) is 0 Å². The number of allylic oxidation sites excluding steroid dienone is 1. The second kappa shape index (κ2) is 13.8. The third-order valence-electron chi connectivity index (χ3n) is 9.70. The van der Waals surface area contributed by atoms with Crippen LogP contribution in [0.25, 0.3) is 0 Å². The molecule has 1 saturated carbocycles. The molecule has 3 aliphatic rings. The van der Waals surface area contributed by atoms with Gasteiger partial charge in [0.2, 0.25) is 10.0 Å². The van der Waals surface area contributed by atoms with Crippen LogP contribution in [0.2, 0.25) is 5.02 Å². The first-order valence-corrected chi connectivity index (χ1v) is 19.5. The van der Waals surface area contributed by atoms with Gasteiger partial charge in [0.25, 0.3) is 16.0 Å². The Labute approximate surface area is 277 Å². The molecule has 0 saturated heterocycles. The fraction of sp³-hybridized carbons (Fsp3) is 0.545. The molecule has 2 bridgehead atoms. The Morgan fingerprint density at radius 1 is 1.13 bits per heavy atom. The van der Waals surface area contributed by atoms with Gasteiger partial charge in [-0.05, 0) is 105 Å². The molecule has 5 atom stereocenters. The second-order valence-electron chi connectivity index (χ2n) is 13.0. The quantitative estimate of drug-likeness (QED) is 0.341. The van der Waals surface area contributed by atoms with E-state index in [2.05, 4.69) is 9.62 Å². The van der Waals surface area contributed by atoms with Crippen LogP contribution in [0.15, 0.2) is 48.6 Å². The van der Waals surface area contributed by atoms with Crippen LogP contribution < -0.4 is 14.4 Å². The number of aryl methyl sites for hydroxylation is 1. The molecule has 1 amide bonds. The number of halogens is 1. The van der Waals surface area contributed by atoms with Crippen LogP contribution in [0.1, 0.15) is 67.4 Å². The highest BCUT2D eigenvalue weighted by Crippen LogP contribution is 2.45. The monoisotopic (exact) mass is 694 g/mol. The van der Waals surface area contributed by atoms with Crippen molar-refractivity contribution in [1.29, 1.82) is 0 Å². The van der Waals surface area contributed by atoms with Crippen LogP contribution in [0, 0.1) is 17.8 Å². The maximum absolute atomic E-state index is 13.4. The van der Waals surface area contributed by atoms with Crippen molar-refractivity contribution in [1.82, 2.24) is 4.72 Å². The van der Waals surface area contributed by atoms with Crippen LogP contribution in [0.4, 0.5) is 5.69 Å². The molecular weight excluding hydrogens is 652 g/mol. The van der Waals surface area contributed by atoms with Crippen molar-refractivity contribution >= 4 is 43.3 Å². The van der Waals surface area contributed by atoms with Gasteiger partial charge in [-0.15, -0.1) is 0 Å². The minimum atomic E-state index is -4.06. The molecule has 2 N–H and O–H groups in total. The van der Waals surface area contributed by atoms with Crippen LogP contribution in [-0.2, 0) is 37.4 Å². The summed E-state index contributed by atoms with van der Waals surface area (Å²) in [5.41, 5.74) is 1.37. The molecule has 2 heterocycles. The fourth-order valence-electron chi connectivity index (χ4n) is 6.55. The van der Waals surface area contributed by atoms with Crippen molar-refractivity contribution in [3.8, 4) is 5.75 Å². The maximum atomic E-state index is 13.4. The van der Waals surface area contributed by atoms with E-state index in [1.54, 1.807) is 37.3 Å². The Kier molecular flexibility index (Phi) is 10.4. The topological polar surface area (TPSA) is 139 Å². The highest BCUT2D eigenvalue weighted by atomic mass is 35.5. The number of carbonyl (C=O) groups excluding carboxylic acids is 1. The van der Waals surface area contributed by atoms with E-state index in [0.29, 0.717) is 36.0 Å². The minimum absolute atomic E-state index is 0.0195. The molecule has 1 aliphatic carbocycles. The fourth-order valence-corrected chi connectivity index (χ4v) is 8.44. The largest absolute Gasteiger partial charge is 0.487 e. The molecule has 2 aliphatic heterocycles. The Morgan fingerprint density at radius 2 is 1.91 bits per heavy atom. The number of hydrogen-bond donors (Lipinski definition) is 2. The number of aliphatic hydroxyl groups is 1. The lowest BCUT2D eigenvalue weighted by Gasteiger charge is -2.48. The first-order chi connectivity index (χ1) is 21.6. The van der Waals surface area contributed by atoms with Gasteiger partial charge >= 0.3 is 0 Å². The molecule has 2 aromatic rings. The highest BCUT2D eigenvalue weighted by Gasteiger charge is 2.46. The van der Waals surface area contributed by atoms with Gasteiger partial charge in [0.05, 0.1) is 23.8 Å². The molecule has 13 heteroatoms. The van der Waals surface area contributed by atoms with Crippen molar-refractivity contribution in [2.45, 2.75) is 69.8 Å². The van der Waals surface area contributed by atoms with E-state index in [1.807, 2.05) is 18.2 Å². The van der Waals surface area contributed by atoms with Crippen molar-refractivity contribution in [2.24, 2.45) is 17.8 Å². The Hall–Kier alpha value is -2.64. The predicted molar refractivity (Wildman–Crippen MR) is 178 cm³/mol. The van der Waals surface area contributed by atoms with E-state index < -0.39 is 49.4 Å². The minimum Gasteiger partial charge on any atom is -0.487 e. The molecule has 1 fully saturated rings. The third-order valence-corrected chi connectivity index (χ3v) is 12.4. The first kappa shape index (κ1) is 34.7. The van der Waals surface area contributed by atoms with Crippen molar-refractivity contribution in [3.05, 3.63) is 70.3 Å². The second-order valence-corrected chi connectivity index (χ2v) is 17.1. The third kappa shape index (κ3) is 8.07. The number of anilines is 1. The number of benzene rings is 2. The van der Waals surface area contributed by atoms with Gasteiger partial charge in [-0.25, -0.2) is 13.1 Å². The predicted octanol–water partition coefficient (Wildman–Crippen LogP) is 4.84. The van der Waals surface area contributed by atoms with E-state index >= 15 is 0 Å². The van der Waals surface area contributed by atoms with E-state index in [-0.39, 0.29) is 30.4 Å². The molecule has 10 nitrogen and oxygen atoms in total. The number of hydrogen-bond acceptors (Lipinski definition) is 9. The Morgan fingerprint density at radius 3 is 2.63 bits per heavy atom. The lowest BCUT2D eigenvalue weighted by atomic mass is 9.64. The summed E-state index contributed by atoms with van der Waals surface area (Å²) in [4.78, 5) is 15.5. The van der Waals surface area contributed by atoms with Crippen LogP contribution >= 0.6 is 11.6 Å². The van der Waals surface area contributed by atoms with Gasteiger partial charge in [0, 0.05) is 23.7 Å². The van der Waals surface area contributed by atoms with Crippen LogP contribution in [-0.4, -0.2) is 64.7 Å². The van der Waals surface area contributed by atoms with E-state index in [4.69, 9.17) is 20.5 Å². The molecule has 46 heavy (non-hydrogen) atoms. The molecule has 0 aromatic heterocycles.